The predicted octanol–water partition coefficient (Wildman–Crippen LogP) is 0.439. The van der Waals surface area contributed by atoms with Crippen LogP contribution in [-0.4, -0.2) is 36.8 Å². The first kappa shape index (κ1) is 12.6. The van der Waals surface area contributed by atoms with Crippen LogP contribution in [0, 0.1) is 0 Å². The average molecular weight is 182 g/mol. The molecular weight excluding hydrogens is 172 g/mol. The molecule has 0 aliphatic heterocycles. The van der Waals surface area contributed by atoms with Crippen molar-refractivity contribution in [2.24, 2.45) is 0 Å². The van der Waals surface area contributed by atoms with Crippen LogP contribution in [-0.2, 0) is 9.84 Å². The van der Waals surface area contributed by atoms with Crippen molar-refractivity contribution in [2.75, 3.05) is 12.0 Å². The Morgan fingerprint density at radius 1 is 1.55 bits per heavy atom. The monoisotopic (exact) mass is 182 g/mol. The van der Waals surface area contributed by atoms with Gasteiger partial charge in [0.2, 0.25) is 0 Å². The van der Waals surface area contributed by atoms with E-state index in [2.05, 4.69) is 6.58 Å². The summed E-state index contributed by atoms with van der Waals surface area (Å²) in [5.41, 5.74) is 0. The fourth-order valence-electron chi connectivity index (χ4n) is 0.214. The van der Waals surface area contributed by atoms with Gasteiger partial charge in [0.1, 0.15) is 0 Å². The maximum Gasteiger partial charge on any atom is 0.503 e. The number of hydrogen-bond acceptors (Lipinski definition) is 3. The SMILES string of the molecule is C=CCS(C)(=O)=O.O=C(O)O. The molecule has 0 atom stereocenters. The van der Waals surface area contributed by atoms with E-state index in [-0.39, 0.29) is 5.75 Å². The Kier molecular flexibility index (Phi) is 6.57. The van der Waals surface area contributed by atoms with E-state index in [4.69, 9.17) is 15.0 Å². The molecule has 2 N–H and O–H groups in total. The minimum atomic E-state index is -2.79. The maximum atomic E-state index is 10.2. The number of carbonyl (C=O) groups is 1. The zero-order valence-electron chi connectivity index (χ0n) is 6.02. The van der Waals surface area contributed by atoms with E-state index in [1.54, 1.807) is 0 Å². The summed E-state index contributed by atoms with van der Waals surface area (Å²) in [4.78, 5) is 8.56. The van der Waals surface area contributed by atoms with Crippen molar-refractivity contribution in [3.05, 3.63) is 12.7 Å². The fourth-order valence-corrected chi connectivity index (χ4v) is 0.642. The molecule has 0 fully saturated rings. The Morgan fingerprint density at radius 3 is 1.82 bits per heavy atom. The molecule has 0 unspecified atom stereocenters. The van der Waals surface area contributed by atoms with Gasteiger partial charge in [-0.05, 0) is 0 Å². The molecule has 0 aromatic rings. The molecule has 6 heteroatoms. The molecule has 0 aliphatic carbocycles. The molecule has 0 saturated heterocycles. The van der Waals surface area contributed by atoms with Gasteiger partial charge in [-0.2, -0.15) is 0 Å². The van der Waals surface area contributed by atoms with Gasteiger partial charge in [-0.25, -0.2) is 13.2 Å². The van der Waals surface area contributed by atoms with Crippen LogP contribution in [0.25, 0.3) is 0 Å². The van der Waals surface area contributed by atoms with Gasteiger partial charge in [0, 0.05) is 6.26 Å². The zero-order valence-corrected chi connectivity index (χ0v) is 6.84. The van der Waals surface area contributed by atoms with Crippen molar-refractivity contribution in [1.82, 2.24) is 0 Å². The molecule has 0 radical (unpaired) electrons. The highest BCUT2D eigenvalue weighted by molar-refractivity contribution is 7.90. The summed E-state index contributed by atoms with van der Waals surface area (Å²) in [5.74, 6) is 0.0764. The molecule has 0 heterocycles. The topological polar surface area (TPSA) is 91.7 Å². The molecule has 0 amide bonds. The van der Waals surface area contributed by atoms with Gasteiger partial charge in [-0.1, -0.05) is 6.08 Å². The van der Waals surface area contributed by atoms with Gasteiger partial charge < -0.3 is 10.2 Å². The Morgan fingerprint density at radius 2 is 1.82 bits per heavy atom. The maximum absolute atomic E-state index is 10.2. The third-order valence-corrected chi connectivity index (χ3v) is 1.26. The highest BCUT2D eigenvalue weighted by atomic mass is 32.2. The third-order valence-electron chi connectivity index (χ3n) is 0.421. The van der Waals surface area contributed by atoms with Crippen molar-refractivity contribution in [3.63, 3.8) is 0 Å². The number of hydrogen-bond donors (Lipinski definition) is 2. The summed E-state index contributed by atoms with van der Waals surface area (Å²) in [5, 5.41) is 13.9. The van der Waals surface area contributed by atoms with Gasteiger partial charge in [-0.3, -0.25) is 0 Å². The number of carboxylic acid groups (broad SMARTS) is 2. The molecule has 0 rings (SSSR count). The van der Waals surface area contributed by atoms with Crippen LogP contribution in [0.15, 0.2) is 12.7 Å². The van der Waals surface area contributed by atoms with E-state index in [9.17, 15) is 8.42 Å². The van der Waals surface area contributed by atoms with Gasteiger partial charge >= 0.3 is 6.16 Å². The van der Waals surface area contributed by atoms with E-state index in [1.165, 1.54) is 12.3 Å². The first-order chi connectivity index (χ1) is 4.79. The van der Waals surface area contributed by atoms with Crippen LogP contribution in [0.2, 0.25) is 0 Å². The third kappa shape index (κ3) is 49.5. The number of sulfone groups is 1. The lowest BCUT2D eigenvalue weighted by molar-refractivity contribution is 0.137. The van der Waals surface area contributed by atoms with E-state index in [1.807, 2.05) is 0 Å². The predicted molar refractivity (Wildman–Crippen MR) is 40.6 cm³/mol. The second-order valence-electron chi connectivity index (χ2n) is 1.66. The van der Waals surface area contributed by atoms with Gasteiger partial charge in [-0.15, -0.1) is 6.58 Å². The first-order valence-corrected chi connectivity index (χ1v) is 4.56. The van der Waals surface area contributed by atoms with Crippen LogP contribution in [0.1, 0.15) is 0 Å². The van der Waals surface area contributed by atoms with Gasteiger partial charge in [0.25, 0.3) is 0 Å². The smallest absolute Gasteiger partial charge is 0.450 e. The standard InChI is InChI=1S/C4H8O2S.CH2O3/c1-3-4-7(2,5)6;2-1(3)4/h3H,1,4H2,2H3;(H2,2,3,4). The molecule has 66 valence electrons. The second kappa shape index (κ2) is 5.72. The Hall–Kier alpha value is -1.04. The van der Waals surface area contributed by atoms with Gasteiger partial charge in [0.15, 0.2) is 9.84 Å². The lowest BCUT2D eigenvalue weighted by atomic mass is 10.8. The second-order valence-corrected chi connectivity index (χ2v) is 3.85. The zero-order chi connectivity index (χ0) is 9.49. The average Bonchev–Trinajstić information content (AvgIpc) is 1.58. The van der Waals surface area contributed by atoms with E-state index in [0.717, 1.165) is 0 Å². The van der Waals surface area contributed by atoms with Crippen molar-refractivity contribution in [1.29, 1.82) is 0 Å². The molecule has 0 aromatic carbocycles. The van der Waals surface area contributed by atoms with Crippen LogP contribution >= 0.6 is 0 Å². The van der Waals surface area contributed by atoms with E-state index >= 15 is 0 Å². The highest BCUT2D eigenvalue weighted by Crippen LogP contribution is 1.79. The Bertz CT molecular complexity index is 211. The van der Waals surface area contributed by atoms with Crippen molar-refractivity contribution in [3.8, 4) is 0 Å². The molecule has 5 nitrogen and oxygen atoms in total. The van der Waals surface area contributed by atoms with Gasteiger partial charge in [0.05, 0.1) is 5.75 Å². The quantitative estimate of drug-likeness (QED) is 0.604. The van der Waals surface area contributed by atoms with E-state index < -0.39 is 16.0 Å². The summed E-state index contributed by atoms with van der Waals surface area (Å²) in [6.07, 6.45) is 0.712. The number of rotatable bonds is 2. The Labute approximate surface area is 64.9 Å². The summed E-state index contributed by atoms with van der Waals surface area (Å²) in [6.45, 7) is 3.27. The molecule has 0 bridgehead atoms. The van der Waals surface area contributed by atoms with Crippen molar-refractivity contribution in [2.45, 2.75) is 0 Å². The Balaban J connectivity index is 0. The molecule has 0 aliphatic rings. The minimum absolute atomic E-state index is 0.0764. The first-order valence-electron chi connectivity index (χ1n) is 2.50. The summed E-state index contributed by atoms with van der Waals surface area (Å²) >= 11 is 0. The lowest BCUT2D eigenvalue weighted by Gasteiger charge is -1.83. The van der Waals surface area contributed by atoms with Crippen LogP contribution in [0.5, 0.6) is 0 Å². The minimum Gasteiger partial charge on any atom is -0.450 e. The molecule has 11 heavy (non-hydrogen) atoms. The summed E-state index contributed by atoms with van der Waals surface area (Å²) < 4.78 is 20.3. The molecular formula is C5H10O5S. The molecule has 0 saturated carbocycles. The normalized spacial score (nSPS) is 9.18. The van der Waals surface area contributed by atoms with Crippen LogP contribution in [0.4, 0.5) is 4.79 Å². The molecule has 0 aromatic heterocycles. The lowest BCUT2D eigenvalue weighted by Crippen LogP contribution is -1.98. The largest absolute Gasteiger partial charge is 0.503 e. The van der Waals surface area contributed by atoms with Crippen molar-refractivity contribution < 1.29 is 23.4 Å². The summed E-state index contributed by atoms with van der Waals surface area (Å²) in [7, 11) is -2.79. The summed E-state index contributed by atoms with van der Waals surface area (Å²) in [6, 6.07) is 0. The van der Waals surface area contributed by atoms with Crippen LogP contribution < -0.4 is 0 Å². The highest BCUT2D eigenvalue weighted by Gasteiger charge is 1.93. The van der Waals surface area contributed by atoms with Crippen LogP contribution in [0.3, 0.4) is 0 Å². The van der Waals surface area contributed by atoms with Crippen molar-refractivity contribution >= 4 is 16.0 Å². The van der Waals surface area contributed by atoms with E-state index in [0.29, 0.717) is 0 Å². The fraction of sp³-hybridized carbons (Fsp3) is 0.400. The molecule has 0 spiro atoms.